The van der Waals surface area contributed by atoms with Gasteiger partial charge < -0.3 is 8.83 Å². The summed E-state index contributed by atoms with van der Waals surface area (Å²) in [5.74, 6) is 0.938. The van der Waals surface area contributed by atoms with Crippen LogP contribution in [-0.4, -0.2) is 9.55 Å². The summed E-state index contributed by atoms with van der Waals surface area (Å²) in [6, 6.07) is 50.9. The van der Waals surface area contributed by atoms with Crippen LogP contribution in [0.4, 0.5) is 0 Å². The number of para-hydroxylation sites is 3. The molecule has 0 spiro atoms. The fraction of sp³-hybridized carbons (Fsp3) is 0. The van der Waals surface area contributed by atoms with E-state index >= 15 is 0 Å². The van der Waals surface area contributed by atoms with Crippen molar-refractivity contribution in [3.05, 3.63) is 146 Å². The predicted molar refractivity (Wildman–Crippen MR) is 184 cm³/mol. The van der Waals surface area contributed by atoms with Crippen LogP contribution in [0.25, 0.3) is 93.9 Å². The summed E-state index contributed by atoms with van der Waals surface area (Å²) in [5, 5.41) is 6.68. The number of hydrogen-bond acceptors (Lipinski definition) is 3. The Kier molecular flexibility index (Phi) is 4.96. The fourth-order valence-corrected chi connectivity index (χ4v) is 6.79. The van der Waals surface area contributed by atoms with E-state index in [1.165, 1.54) is 10.8 Å². The quantitative estimate of drug-likeness (QED) is 0.210. The van der Waals surface area contributed by atoms with Gasteiger partial charge in [-0.3, -0.25) is 4.57 Å². The lowest BCUT2D eigenvalue weighted by Crippen LogP contribution is -1.97. The summed E-state index contributed by atoms with van der Waals surface area (Å²) in [7, 11) is 0. The molecule has 0 saturated heterocycles. The molecule has 0 aliphatic heterocycles. The number of aromatic nitrogens is 2. The first kappa shape index (κ1) is 24.3. The number of furan rings is 2. The molecule has 45 heavy (non-hydrogen) atoms. The van der Waals surface area contributed by atoms with Gasteiger partial charge in [-0.15, -0.1) is 0 Å². The molecule has 0 N–H and O–H groups in total. The van der Waals surface area contributed by atoms with Crippen LogP contribution in [0, 0.1) is 0 Å². The van der Waals surface area contributed by atoms with Gasteiger partial charge in [0.15, 0.2) is 0 Å². The van der Waals surface area contributed by atoms with Crippen LogP contribution < -0.4 is 0 Å². The maximum atomic E-state index is 6.31. The van der Waals surface area contributed by atoms with E-state index in [2.05, 4.69) is 120 Å². The lowest BCUT2D eigenvalue weighted by Gasteiger charge is -2.12. The van der Waals surface area contributed by atoms with Crippen molar-refractivity contribution >= 4 is 65.7 Å². The van der Waals surface area contributed by atoms with Crippen molar-refractivity contribution in [1.82, 2.24) is 9.55 Å². The van der Waals surface area contributed by atoms with Gasteiger partial charge >= 0.3 is 0 Å². The van der Waals surface area contributed by atoms with Gasteiger partial charge in [0, 0.05) is 32.8 Å². The third-order valence-corrected chi connectivity index (χ3v) is 8.98. The molecular formula is C41H24N2O2. The van der Waals surface area contributed by atoms with E-state index in [-0.39, 0.29) is 0 Å². The zero-order chi connectivity index (χ0) is 29.5. The molecule has 4 heteroatoms. The Morgan fingerprint density at radius 1 is 0.422 bits per heavy atom. The maximum Gasteiger partial charge on any atom is 0.145 e. The average molecular weight is 577 g/mol. The molecule has 210 valence electrons. The summed E-state index contributed by atoms with van der Waals surface area (Å²) in [5.41, 5.74) is 10.1. The van der Waals surface area contributed by atoms with Gasteiger partial charge in [-0.1, -0.05) is 84.9 Å². The van der Waals surface area contributed by atoms with Crippen molar-refractivity contribution in [1.29, 1.82) is 0 Å². The molecule has 0 aliphatic carbocycles. The predicted octanol–water partition coefficient (Wildman–Crippen LogP) is 11.3. The first-order valence-electron chi connectivity index (χ1n) is 15.1. The fourth-order valence-electron chi connectivity index (χ4n) is 6.79. The van der Waals surface area contributed by atoms with Crippen LogP contribution in [0.1, 0.15) is 0 Å². The Labute approximate surface area is 257 Å². The van der Waals surface area contributed by atoms with Gasteiger partial charge in [-0.2, -0.15) is 0 Å². The van der Waals surface area contributed by atoms with Crippen LogP contribution in [0.15, 0.2) is 154 Å². The number of imidazole rings is 1. The molecule has 0 atom stereocenters. The van der Waals surface area contributed by atoms with E-state index in [9.17, 15) is 0 Å². The van der Waals surface area contributed by atoms with Gasteiger partial charge in [-0.05, 0) is 82.6 Å². The minimum Gasteiger partial charge on any atom is -0.456 e. The van der Waals surface area contributed by atoms with Crippen LogP contribution >= 0.6 is 0 Å². The molecule has 0 fully saturated rings. The molecule has 3 heterocycles. The summed E-state index contributed by atoms with van der Waals surface area (Å²) in [6.07, 6.45) is 0. The van der Waals surface area contributed by atoms with Crippen molar-refractivity contribution in [3.8, 4) is 28.2 Å². The Hall–Kier alpha value is -6.13. The highest BCUT2D eigenvalue weighted by molar-refractivity contribution is 6.15. The lowest BCUT2D eigenvalue weighted by atomic mass is 9.99. The minimum absolute atomic E-state index is 0.870. The molecule has 0 bridgehead atoms. The molecule has 0 unspecified atom stereocenters. The van der Waals surface area contributed by atoms with Gasteiger partial charge in [0.05, 0.1) is 11.0 Å². The lowest BCUT2D eigenvalue weighted by molar-refractivity contribution is 0.664. The van der Waals surface area contributed by atoms with Crippen molar-refractivity contribution in [2.24, 2.45) is 0 Å². The average Bonchev–Trinajstić information content (AvgIpc) is 3.78. The van der Waals surface area contributed by atoms with Crippen molar-refractivity contribution in [2.75, 3.05) is 0 Å². The van der Waals surface area contributed by atoms with Crippen molar-refractivity contribution in [2.45, 2.75) is 0 Å². The highest BCUT2D eigenvalue weighted by Gasteiger charge is 2.16. The third kappa shape index (κ3) is 3.69. The molecule has 4 nitrogen and oxygen atoms in total. The highest BCUT2D eigenvalue weighted by Crippen LogP contribution is 2.38. The summed E-state index contributed by atoms with van der Waals surface area (Å²) >= 11 is 0. The van der Waals surface area contributed by atoms with Crippen LogP contribution in [0.3, 0.4) is 0 Å². The van der Waals surface area contributed by atoms with Gasteiger partial charge in [0.2, 0.25) is 0 Å². The van der Waals surface area contributed by atoms with E-state index in [4.69, 9.17) is 13.8 Å². The number of fused-ring (bicyclic) bond motifs is 8. The first-order chi connectivity index (χ1) is 22.3. The topological polar surface area (TPSA) is 44.1 Å². The van der Waals surface area contributed by atoms with E-state index in [1.807, 2.05) is 30.3 Å². The molecule has 0 saturated carbocycles. The van der Waals surface area contributed by atoms with Crippen LogP contribution in [0.2, 0.25) is 0 Å². The van der Waals surface area contributed by atoms with E-state index in [0.717, 1.165) is 83.1 Å². The second kappa shape index (κ2) is 9.18. The Balaban J connectivity index is 1.08. The molecule has 0 aliphatic rings. The van der Waals surface area contributed by atoms with Crippen LogP contribution in [0.5, 0.6) is 0 Å². The van der Waals surface area contributed by atoms with Crippen molar-refractivity contribution < 1.29 is 8.83 Å². The SMILES string of the molecule is c1ccc(-c2nc3ccccc3n2-c2ccc3cc(-c4ccc5oc6cc7c(cc6c5c4)oc4ccccc47)ccc3c2)cc1. The minimum atomic E-state index is 0.870. The molecule has 7 aromatic carbocycles. The first-order valence-corrected chi connectivity index (χ1v) is 15.1. The van der Waals surface area contributed by atoms with Crippen molar-refractivity contribution in [3.63, 3.8) is 0 Å². The number of rotatable bonds is 3. The smallest absolute Gasteiger partial charge is 0.145 e. The largest absolute Gasteiger partial charge is 0.456 e. The third-order valence-electron chi connectivity index (χ3n) is 8.98. The molecule has 0 amide bonds. The molecule has 0 radical (unpaired) electrons. The number of hydrogen-bond donors (Lipinski definition) is 0. The molecule has 10 rings (SSSR count). The molecule has 10 aromatic rings. The van der Waals surface area contributed by atoms with Crippen LogP contribution in [-0.2, 0) is 0 Å². The second-order valence-electron chi connectivity index (χ2n) is 11.6. The maximum absolute atomic E-state index is 6.31. The Morgan fingerprint density at radius 3 is 1.96 bits per heavy atom. The van der Waals surface area contributed by atoms with Gasteiger partial charge in [0.1, 0.15) is 28.2 Å². The Morgan fingerprint density at radius 2 is 1.07 bits per heavy atom. The standard InChI is InChI=1S/C41H24N2O2/c1-2-8-25(9-3-1)41-42-35-11-5-6-12-36(35)43(41)30-18-16-27-20-26(14-15-28(27)21-30)29-17-19-38-32(22-29)34-24-39-33(23-40(34)45-38)31-10-4-7-13-37(31)44-39/h1-24H. The molecule has 3 aromatic heterocycles. The highest BCUT2D eigenvalue weighted by atomic mass is 16.3. The van der Waals surface area contributed by atoms with E-state index in [0.29, 0.717) is 0 Å². The van der Waals surface area contributed by atoms with E-state index in [1.54, 1.807) is 0 Å². The molecular weight excluding hydrogens is 552 g/mol. The normalized spacial score (nSPS) is 12.0. The Bertz CT molecular complexity index is 2760. The number of nitrogens with zero attached hydrogens (tertiary/aromatic N) is 2. The van der Waals surface area contributed by atoms with Gasteiger partial charge in [-0.25, -0.2) is 4.98 Å². The number of benzene rings is 7. The summed E-state index contributed by atoms with van der Waals surface area (Å²) < 4.78 is 14.8. The monoisotopic (exact) mass is 576 g/mol. The summed E-state index contributed by atoms with van der Waals surface area (Å²) in [6.45, 7) is 0. The zero-order valence-electron chi connectivity index (χ0n) is 24.1. The van der Waals surface area contributed by atoms with Gasteiger partial charge in [0.25, 0.3) is 0 Å². The van der Waals surface area contributed by atoms with E-state index < -0.39 is 0 Å². The second-order valence-corrected chi connectivity index (χ2v) is 11.6. The summed E-state index contributed by atoms with van der Waals surface area (Å²) in [4.78, 5) is 5.01. The zero-order valence-corrected chi connectivity index (χ0v) is 24.1.